The molecular formula is C38H50N4. The molecule has 222 valence electrons. The van der Waals surface area contributed by atoms with Crippen molar-refractivity contribution in [2.75, 3.05) is 0 Å². The summed E-state index contributed by atoms with van der Waals surface area (Å²) >= 11 is 0. The van der Waals surface area contributed by atoms with Gasteiger partial charge in [0.15, 0.2) is 0 Å². The first-order chi connectivity index (χ1) is 20.7. The first-order valence-electron chi connectivity index (χ1n) is 16.8. The van der Waals surface area contributed by atoms with Crippen LogP contribution in [0.15, 0.2) is 42.5 Å². The van der Waals surface area contributed by atoms with Gasteiger partial charge in [-0.3, -0.25) is 0 Å². The van der Waals surface area contributed by atoms with Crippen LogP contribution < -0.4 is 0 Å². The molecule has 2 N–H and O–H groups in total. The van der Waals surface area contributed by atoms with E-state index in [1.165, 1.54) is 114 Å². The number of hydrogen-bond donors (Lipinski definition) is 2. The van der Waals surface area contributed by atoms with Gasteiger partial charge in [0.2, 0.25) is 0 Å². The Morgan fingerprint density at radius 3 is 1.50 bits per heavy atom. The summed E-state index contributed by atoms with van der Waals surface area (Å²) in [5.41, 5.74) is 9.62. The third-order valence-electron chi connectivity index (χ3n) is 8.55. The molecule has 0 atom stereocenters. The molecular weight excluding hydrogens is 512 g/mol. The highest BCUT2D eigenvalue weighted by atomic mass is 14.8. The highest BCUT2D eigenvalue weighted by Crippen LogP contribution is 2.22. The Morgan fingerprint density at radius 2 is 0.929 bits per heavy atom. The number of aromatic nitrogens is 4. The molecule has 2 aliphatic heterocycles. The fraction of sp³-hybridized carbons (Fsp3) is 0.474. The Balaban J connectivity index is 1.11. The van der Waals surface area contributed by atoms with Gasteiger partial charge in [-0.25, -0.2) is 9.97 Å². The number of nitrogens with one attached hydrogen (secondary N) is 2. The Hall–Kier alpha value is -3.40. The van der Waals surface area contributed by atoms with Gasteiger partial charge in [-0.05, 0) is 85.2 Å². The summed E-state index contributed by atoms with van der Waals surface area (Å²) in [5.74, 6) is 0. The van der Waals surface area contributed by atoms with E-state index in [-0.39, 0.29) is 0 Å². The Kier molecular flexibility index (Phi) is 11.7. The van der Waals surface area contributed by atoms with Crippen molar-refractivity contribution < 1.29 is 0 Å². The lowest BCUT2D eigenvalue weighted by atomic mass is 10.0. The smallest absolute Gasteiger partial charge is 0.0659 e. The second-order valence-electron chi connectivity index (χ2n) is 12.3. The van der Waals surface area contributed by atoms with Crippen LogP contribution in [0, 0.1) is 0 Å². The van der Waals surface area contributed by atoms with E-state index in [0.717, 1.165) is 45.7 Å². The SMILES string of the molecule is CCCCCCCCCCCCCCCCCCc1cc2cc3ccc(cc4nc(cc5nc(cc1[nH]2)C=C5)C=C4)[nH]3. The molecule has 0 saturated carbocycles. The molecule has 0 aliphatic carbocycles. The molecule has 42 heavy (non-hydrogen) atoms. The van der Waals surface area contributed by atoms with Crippen LogP contribution in [0.3, 0.4) is 0 Å². The third kappa shape index (κ3) is 9.58. The molecule has 8 bridgehead atoms. The van der Waals surface area contributed by atoms with E-state index in [4.69, 9.17) is 9.97 Å². The average Bonchev–Trinajstić information content (AvgIpc) is 3.79. The van der Waals surface area contributed by atoms with Crippen molar-refractivity contribution >= 4 is 46.4 Å². The fourth-order valence-corrected chi connectivity index (χ4v) is 6.15. The van der Waals surface area contributed by atoms with Crippen LogP contribution in [0.5, 0.6) is 0 Å². The summed E-state index contributed by atoms with van der Waals surface area (Å²) in [5, 5.41) is 0. The summed E-state index contributed by atoms with van der Waals surface area (Å²) in [6.45, 7) is 2.30. The topological polar surface area (TPSA) is 57.4 Å². The molecule has 3 aromatic heterocycles. The van der Waals surface area contributed by atoms with E-state index in [2.05, 4.69) is 65.4 Å². The maximum atomic E-state index is 4.84. The number of rotatable bonds is 17. The largest absolute Gasteiger partial charge is 0.355 e. The van der Waals surface area contributed by atoms with Crippen molar-refractivity contribution in [3.8, 4) is 0 Å². The van der Waals surface area contributed by atoms with Crippen molar-refractivity contribution in [1.29, 1.82) is 0 Å². The van der Waals surface area contributed by atoms with Crippen LogP contribution in [0.2, 0.25) is 0 Å². The molecule has 0 aromatic carbocycles. The van der Waals surface area contributed by atoms with Gasteiger partial charge in [-0.1, -0.05) is 103 Å². The summed E-state index contributed by atoms with van der Waals surface area (Å²) in [7, 11) is 0. The maximum absolute atomic E-state index is 4.84. The molecule has 0 amide bonds. The van der Waals surface area contributed by atoms with Crippen LogP contribution in [0.4, 0.5) is 0 Å². The molecule has 0 saturated heterocycles. The van der Waals surface area contributed by atoms with E-state index >= 15 is 0 Å². The van der Waals surface area contributed by atoms with Gasteiger partial charge >= 0.3 is 0 Å². The second kappa shape index (κ2) is 16.3. The number of H-pyrrole nitrogens is 2. The van der Waals surface area contributed by atoms with Crippen LogP contribution in [0.25, 0.3) is 46.4 Å². The minimum absolute atomic E-state index is 0.933. The van der Waals surface area contributed by atoms with E-state index in [1.807, 2.05) is 18.2 Å². The van der Waals surface area contributed by atoms with Gasteiger partial charge in [0.05, 0.1) is 22.8 Å². The van der Waals surface area contributed by atoms with Crippen molar-refractivity contribution in [3.05, 3.63) is 70.8 Å². The van der Waals surface area contributed by atoms with E-state index in [9.17, 15) is 0 Å². The van der Waals surface area contributed by atoms with Gasteiger partial charge < -0.3 is 9.97 Å². The number of aryl methyl sites for hydroxylation is 1. The van der Waals surface area contributed by atoms with Crippen molar-refractivity contribution in [1.82, 2.24) is 19.9 Å². The van der Waals surface area contributed by atoms with Gasteiger partial charge in [0, 0.05) is 22.1 Å². The molecule has 4 nitrogen and oxygen atoms in total. The van der Waals surface area contributed by atoms with E-state index in [1.54, 1.807) is 0 Å². The van der Waals surface area contributed by atoms with Gasteiger partial charge in [0.25, 0.3) is 0 Å². The fourth-order valence-electron chi connectivity index (χ4n) is 6.15. The predicted octanol–water partition coefficient (Wildman–Crippen LogP) is 11.5. The lowest BCUT2D eigenvalue weighted by Crippen LogP contribution is -1.86. The number of nitrogens with zero attached hydrogens (tertiary/aromatic N) is 2. The zero-order chi connectivity index (χ0) is 28.8. The molecule has 0 spiro atoms. The molecule has 5 rings (SSSR count). The van der Waals surface area contributed by atoms with Crippen molar-refractivity contribution in [2.24, 2.45) is 0 Å². The molecule has 0 unspecified atom stereocenters. The summed E-state index contributed by atoms with van der Waals surface area (Å²) < 4.78 is 0. The summed E-state index contributed by atoms with van der Waals surface area (Å²) in [6, 6.07) is 15.1. The van der Waals surface area contributed by atoms with Crippen LogP contribution in [-0.2, 0) is 6.42 Å². The zero-order valence-electron chi connectivity index (χ0n) is 25.8. The summed E-state index contributed by atoms with van der Waals surface area (Å²) in [4.78, 5) is 16.7. The quantitative estimate of drug-likeness (QED) is 0.111. The molecule has 0 radical (unpaired) electrons. The molecule has 3 aromatic rings. The lowest BCUT2D eigenvalue weighted by molar-refractivity contribution is 0.529. The normalized spacial score (nSPS) is 12.4. The van der Waals surface area contributed by atoms with Gasteiger partial charge in [-0.2, -0.15) is 0 Å². The van der Waals surface area contributed by atoms with Crippen LogP contribution in [-0.4, -0.2) is 19.9 Å². The first kappa shape index (κ1) is 30.1. The number of unbranched alkanes of at least 4 members (excludes halogenated alkanes) is 15. The highest BCUT2D eigenvalue weighted by molar-refractivity contribution is 5.78. The average molecular weight is 563 g/mol. The predicted molar refractivity (Wildman–Crippen MR) is 182 cm³/mol. The maximum Gasteiger partial charge on any atom is 0.0659 e. The Labute approximate surface area is 252 Å². The molecule has 5 heterocycles. The highest BCUT2D eigenvalue weighted by Gasteiger charge is 2.06. The minimum Gasteiger partial charge on any atom is -0.355 e. The van der Waals surface area contributed by atoms with Gasteiger partial charge in [-0.15, -0.1) is 0 Å². The Morgan fingerprint density at radius 1 is 0.452 bits per heavy atom. The number of hydrogen-bond acceptors (Lipinski definition) is 2. The van der Waals surface area contributed by atoms with Crippen molar-refractivity contribution in [2.45, 2.75) is 116 Å². The second-order valence-corrected chi connectivity index (χ2v) is 12.3. The van der Waals surface area contributed by atoms with Gasteiger partial charge in [0.1, 0.15) is 0 Å². The van der Waals surface area contributed by atoms with Crippen LogP contribution in [0.1, 0.15) is 138 Å². The zero-order valence-corrected chi connectivity index (χ0v) is 25.8. The Bertz CT molecular complexity index is 1490. The minimum atomic E-state index is 0.933. The molecule has 4 heteroatoms. The standard InChI is InChI=1S/C38H50N4/c1-2-3-4-5-6-7-8-9-10-11-12-13-14-15-16-17-18-30-25-37-28-35-22-21-33(40-35)26-31-19-20-32(39-31)27-34-23-24-36(41-34)29-38(30)42-37/h19-29,40,42H,2-18H2,1H3. The van der Waals surface area contributed by atoms with E-state index in [0.29, 0.717) is 0 Å². The third-order valence-corrected chi connectivity index (χ3v) is 8.55. The lowest BCUT2D eigenvalue weighted by Gasteiger charge is -2.03. The summed E-state index contributed by atoms with van der Waals surface area (Å²) in [6.07, 6.45) is 31.8. The first-order valence-corrected chi connectivity index (χ1v) is 16.8. The molecule has 0 fully saturated rings. The number of fused-ring (bicyclic) bond motifs is 8. The van der Waals surface area contributed by atoms with E-state index < -0.39 is 0 Å². The van der Waals surface area contributed by atoms with Crippen molar-refractivity contribution in [3.63, 3.8) is 0 Å². The van der Waals surface area contributed by atoms with Crippen LogP contribution >= 0.6 is 0 Å². The molecule has 2 aliphatic rings. The number of aromatic amines is 2. The monoisotopic (exact) mass is 562 g/mol.